The maximum atomic E-state index is 12.1. The van der Waals surface area contributed by atoms with Gasteiger partial charge in [0, 0.05) is 37.6 Å². The monoisotopic (exact) mass is 335 g/mol. The third kappa shape index (κ3) is 4.53. The molecule has 1 amide bonds. The van der Waals surface area contributed by atoms with E-state index >= 15 is 0 Å². The Morgan fingerprint density at radius 1 is 1.29 bits per heavy atom. The molecule has 0 aromatic heterocycles. The van der Waals surface area contributed by atoms with Gasteiger partial charge in [-0.2, -0.15) is 0 Å². The Bertz CT molecular complexity index is 597. The van der Waals surface area contributed by atoms with Gasteiger partial charge in [-0.05, 0) is 37.1 Å². The summed E-state index contributed by atoms with van der Waals surface area (Å²) in [6.07, 6.45) is -0.0817. The first-order valence-electron chi connectivity index (χ1n) is 8.21. The Hall–Kier alpha value is -2.44. The van der Waals surface area contributed by atoms with Crippen LogP contribution < -0.4 is 10.6 Å². The third-order valence-electron chi connectivity index (χ3n) is 4.24. The van der Waals surface area contributed by atoms with Gasteiger partial charge in [-0.3, -0.25) is 4.79 Å². The lowest BCUT2D eigenvalue weighted by Gasteiger charge is -2.35. The molecule has 1 saturated heterocycles. The van der Waals surface area contributed by atoms with Gasteiger partial charge in [-0.15, -0.1) is 0 Å². The van der Waals surface area contributed by atoms with Crippen molar-refractivity contribution in [3.63, 3.8) is 0 Å². The second-order valence-electron chi connectivity index (χ2n) is 6.03. The molecule has 1 aromatic carbocycles. The summed E-state index contributed by atoms with van der Waals surface area (Å²) in [6, 6.07) is 5.47. The van der Waals surface area contributed by atoms with Crippen LogP contribution in [0.2, 0.25) is 0 Å². The number of benzene rings is 1. The van der Waals surface area contributed by atoms with E-state index in [4.69, 9.17) is 15.6 Å². The molecular weight excluding hydrogens is 310 g/mol. The average molecular weight is 335 g/mol. The molecule has 0 radical (unpaired) electrons. The number of carboxylic acid groups (broad SMARTS) is 1. The van der Waals surface area contributed by atoms with Gasteiger partial charge < -0.3 is 25.4 Å². The van der Waals surface area contributed by atoms with Gasteiger partial charge in [-0.1, -0.05) is 6.92 Å². The number of hydrogen-bond donors (Lipinski definition) is 2. The fourth-order valence-electron chi connectivity index (χ4n) is 2.70. The highest BCUT2D eigenvalue weighted by Gasteiger charge is 2.23. The highest BCUT2D eigenvalue weighted by atomic mass is 16.5. The maximum Gasteiger partial charge on any atom is 0.407 e. The van der Waals surface area contributed by atoms with E-state index in [1.165, 1.54) is 4.90 Å². The average Bonchev–Trinajstić information content (AvgIpc) is 2.55. The van der Waals surface area contributed by atoms with Crippen molar-refractivity contribution in [1.29, 1.82) is 0 Å². The normalized spacial score (nSPS) is 15.9. The first kappa shape index (κ1) is 17.9. The van der Waals surface area contributed by atoms with Gasteiger partial charge in [0.25, 0.3) is 0 Å². The molecular formula is C17H25N3O4. The second-order valence-corrected chi connectivity index (χ2v) is 6.03. The molecule has 1 atom stereocenters. The van der Waals surface area contributed by atoms with Crippen molar-refractivity contribution in [2.75, 3.05) is 36.8 Å². The van der Waals surface area contributed by atoms with Crippen LogP contribution in [0.25, 0.3) is 0 Å². The number of nitrogens with zero attached hydrogens (tertiary/aromatic N) is 2. The van der Waals surface area contributed by atoms with Gasteiger partial charge in [0.1, 0.15) is 0 Å². The zero-order chi connectivity index (χ0) is 17.7. The summed E-state index contributed by atoms with van der Waals surface area (Å²) in [7, 11) is 0. The summed E-state index contributed by atoms with van der Waals surface area (Å²) >= 11 is 0. The topological polar surface area (TPSA) is 96.1 Å². The van der Waals surface area contributed by atoms with E-state index in [-0.39, 0.29) is 18.5 Å². The lowest BCUT2D eigenvalue weighted by atomic mass is 10.1. The van der Waals surface area contributed by atoms with Crippen LogP contribution in [0.4, 0.5) is 16.2 Å². The number of nitrogens with two attached hydrogens (primary N) is 1. The number of nitrogen functional groups attached to an aromatic ring is 1. The van der Waals surface area contributed by atoms with Crippen molar-refractivity contribution in [2.45, 2.75) is 32.8 Å². The Balaban J connectivity index is 2.10. The molecule has 1 unspecified atom stereocenters. The quantitative estimate of drug-likeness (QED) is 0.631. The van der Waals surface area contributed by atoms with Crippen LogP contribution in [0.1, 0.15) is 25.8 Å². The summed E-state index contributed by atoms with van der Waals surface area (Å²) in [4.78, 5) is 26.6. The lowest BCUT2D eigenvalue weighted by molar-refractivity contribution is -0.147. The molecule has 1 aliphatic heterocycles. The highest BCUT2D eigenvalue weighted by molar-refractivity contribution is 5.77. The smallest absolute Gasteiger partial charge is 0.407 e. The number of carbonyl (C=O) groups excluding carboxylic acids is 1. The largest absolute Gasteiger partial charge is 0.465 e. The number of hydrogen-bond acceptors (Lipinski definition) is 5. The molecule has 0 saturated carbocycles. The molecule has 0 bridgehead atoms. The molecule has 0 spiro atoms. The predicted molar refractivity (Wildman–Crippen MR) is 92.2 cm³/mol. The molecule has 0 aliphatic carbocycles. The summed E-state index contributed by atoms with van der Waals surface area (Å²) < 4.78 is 5.35. The van der Waals surface area contributed by atoms with Crippen molar-refractivity contribution < 1.29 is 19.4 Å². The predicted octanol–water partition coefficient (Wildman–Crippen LogP) is 1.95. The van der Waals surface area contributed by atoms with Crippen molar-refractivity contribution in [1.82, 2.24) is 4.90 Å². The zero-order valence-electron chi connectivity index (χ0n) is 14.2. The van der Waals surface area contributed by atoms with Crippen LogP contribution in [0.15, 0.2) is 18.2 Å². The molecule has 1 heterocycles. The van der Waals surface area contributed by atoms with Crippen LogP contribution in [0, 0.1) is 0 Å². The first-order valence-corrected chi connectivity index (χ1v) is 8.21. The van der Waals surface area contributed by atoms with Gasteiger partial charge in [0.15, 0.2) is 0 Å². The van der Waals surface area contributed by atoms with Gasteiger partial charge in [-0.25, -0.2) is 4.79 Å². The molecule has 3 N–H and O–H groups in total. The van der Waals surface area contributed by atoms with Crippen molar-refractivity contribution in [3.8, 4) is 0 Å². The van der Waals surface area contributed by atoms with E-state index in [1.807, 2.05) is 19.9 Å². The van der Waals surface area contributed by atoms with Gasteiger partial charge in [0.05, 0.1) is 12.5 Å². The maximum absolute atomic E-state index is 12.1. The SMILES string of the molecule is CCC(C)OC(=O)Cc1cc(N)ccc1N1CCN(C(=O)O)CC1. The fourth-order valence-corrected chi connectivity index (χ4v) is 2.70. The molecule has 1 aliphatic rings. The van der Waals surface area contributed by atoms with Crippen molar-refractivity contribution >= 4 is 23.4 Å². The minimum atomic E-state index is -0.899. The Morgan fingerprint density at radius 2 is 1.96 bits per heavy atom. The van der Waals surface area contributed by atoms with Gasteiger partial charge >= 0.3 is 12.1 Å². The molecule has 24 heavy (non-hydrogen) atoms. The number of rotatable bonds is 5. The fraction of sp³-hybridized carbons (Fsp3) is 0.529. The van der Waals surface area contributed by atoms with Crippen LogP contribution >= 0.6 is 0 Å². The summed E-state index contributed by atoms with van der Waals surface area (Å²) in [5, 5.41) is 9.04. The minimum Gasteiger partial charge on any atom is -0.465 e. The standard InChI is InChI=1S/C17H25N3O4/c1-3-12(2)24-16(21)11-13-10-14(18)4-5-15(13)19-6-8-20(9-7-19)17(22)23/h4-5,10,12H,3,6-9,11,18H2,1-2H3,(H,22,23). The molecule has 132 valence electrons. The number of piperazine rings is 1. The first-order chi connectivity index (χ1) is 11.4. The van der Waals surface area contributed by atoms with Crippen LogP contribution in [-0.2, 0) is 16.0 Å². The second kappa shape index (κ2) is 7.90. The number of carbonyl (C=O) groups is 2. The minimum absolute atomic E-state index is 0.110. The number of anilines is 2. The number of esters is 1. The van der Waals surface area contributed by atoms with Crippen molar-refractivity contribution in [3.05, 3.63) is 23.8 Å². The molecule has 2 rings (SSSR count). The van der Waals surface area contributed by atoms with Gasteiger partial charge in [0.2, 0.25) is 0 Å². The third-order valence-corrected chi connectivity index (χ3v) is 4.24. The Kier molecular flexibility index (Phi) is 5.89. The molecule has 1 fully saturated rings. The molecule has 7 nitrogen and oxygen atoms in total. The number of amides is 1. The number of ether oxygens (including phenoxy) is 1. The van der Waals surface area contributed by atoms with E-state index < -0.39 is 6.09 Å². The van der Waals surface area contributed by atoms with Crippen LogP contribution in [0.3, 0.4) is 0 Å². The summed E-state index contributed by atoms with van der Waals surface area (Å²) in [6.45, 7) is 5.88. The Morgan fingerprint density at radius 3 is 2.54 bits per heavy atom. The highest BCUT2D eigenvalue weighted by Crippen LogP contribution is 2.25. The van der Waals surface area contributed by atoms with Crippen LogP contribution in [0.5, 0.6) is 0 Å². The van der Waals surface area contributed by atoms with E-state index in [9.17, 15) is 9.59 Å². The summed E-state index contributed by atoms with van der Waals surface area (Å²) in [5.41, 5.74) is 8.18. The van der Waals surface area contributed by atoms with E-state index in [0.717, 1.165) is 17.7 Å². The van der Waals surface area contributed by atoms with Crippen LogP contribution in [-0.4, -0.2) is 54.4 Å². The zero-order valence-corrected chi connectivity index (χ0v) is 14.2. The van der Waals surface area contributed by atoms with Crippen molar-refractivity contribution in [2.24, 2.45) is 0 Å². The lowest BCUT2D eigenvalue weighted by Crippen LogP contribution is -2.48. The Labute approximate surface area is 142 Å². The molecule has 1 aromatic rings. The molecule has 7 heteroatoms. The summed E-state index contributed by atoms with van der Waals surface area (Å²) in [5.74, 6) is -0.277. The van der Waals surface area contributed by atoms with E-state index in [0.29, 0.717) is 31.9 Å². The van der Waals surface area contributed by atoms with E-state index in [1.54, 1.807) is 12.1 Å². The van der Waals surface area contributed by atoms with E-state index in [2.05, 4.69) is 4.90 Å².